The lowest BCUT2D eigenvalue weighted by Crippen LogP contribution is -2.42. The molecule has 2 aromatic rings. The van der Waals surface area contributed by atoms with Gasteiger partial charge in [0.1, 0.15) is 11.5 Å². The van der Waals surface area contributed by atoms with Crippen molar-refractivity contribution in [3.05, 3.63) is 35.2 Å². The first-order valence-electron chi connectivity index (χ1n) is 8.91. The highest BCUT2D eigenvalue weighted by Crippen LogP contribution is 2.35. The van der Waals surface area contributed by atoms with Gasteiger partial charge in [0, 0.05) is 30.9 Å². The fourth-order valence-corrected chi connectivity index (χ4v) is 3.10. The molecule has 144 valence electrons. The zero-order valence-electron chi connectivity index (χ0n) is 16.0. The van der Waals surface area contributed by atoms with Crippen LogP contribution in [0.2, 0.25) is 0 Å². The van der Waals surface area contributed by atoms with Gasteiger partial charge in [-0.25, -0.2) is 4.79 Å². The molecule has 27 heavy (non-hydrogen) atoms. The molecule has 1 atom stereocenters. The Kier molecular flexibility index (Phi) is 5.34. The van der Waals surface area contributed by atoms with E-state index in [1.165, 1.54) is 0 Å². The Bertz CT molecular complexity index is 842. The molecule has 8 nitrogen and oxygen atoms in total. The van der Waals surface area contributed by atoms with E-state index in [9.17, 15) is 9.59 Å². The van der Waals surface area contributed by atoms with Gasteiger partial charge in [0.15, 0.2) is 6.10 Å². The predicted octanol–water partition coefficient (Wildman–Crippen LogP) is 2.79. The van der Waals surface area contributed by atoms with Crippen molar-refractivity contribution in [2.75, 3.05) is 23.8 Å². The molecule has 1 aromatic carbocycles. The van der Waals surface area contributed by atoms with Crippen LogP contribution in [0.1, 0.15) is 30.4 Å². The van der Waals surface area contributed by atoms with Gasteiger partial charge in [-0.15, -0.1) is 0 Å². The molecule has 1 unspecified atom stereocenters. The Hall–Kier alpha value is -3.03. The quantitative estimate of drug-likeness (QED) is 0.787. The van der Waals surface area contributed by atoms with Gasteiger partial charge in [-0.3, -0.25) is 4.79 Å². The summed E-state index contributed by atoms with van der Waals surface area (Å²) in [5, 5.41) is 9.54. The van der Waals surface area contributed by atoms with Crippen molar-refractivity contribution in [3.63, 3.8) is 0 Å². The van der Waals surface area contributed by atoms with Crippen LogP contribution < -0.4 is 20.3 Å². The first-order valence-corrected chi connectivity index (χ1v) is 8.91. The molecule has 1 aromatic heterocycles. The number of hydrogen-bond acceptors (Lipinski definition) is 5. The van der Waals surface area contributed by atoms with Gasteiger partial charge in [0.2, 0.25) is 0 Å². The second-order valence-electron chi connectivity index (χ2n) is 6.63. The van der Waals surface area contributed by atoms with Gasteiger partial charge in [0.25, 0.3) is 5.91 Å². The van der Waals surface area contributed by atoms with Crippen LogP contribution in [0.3, 0.4) is 0 Å². The van der Waals surface area contributed by atoms with Gasteiger partial charge >= 0.3 is 6.03 Å². The van der Waals surface area contributed by atoms with E-state index in [1.54, 1.807) is 37.1 Å². The Morgan fingerprint density at radius 1 is 1.33 bits per heavy atom. The largest absolute Gasteiger partial charge is 0.479 e. The van der Waals surface area contributed by atoms with E-state index in [0.29, 0.717) is 23.7 Å². The van der Waals surface area contributed by atoms with Crippen molar-refractivity contribution in [2.45, 2.75) is 39.7 Å². The van der Waals surface area contributed by atoms with Crippen LogP contribution in [-0.2, 0) is 11.2 Å². The SMILES string of the molecule is Cc1noc(C)c1CCCNC(=O)Nc1ccc2c(c1)OC(C)C(=O)N2C. The van der Waals surface area contributed by atoms with E-state index in [2.05, 4.69) is 15.8 Å². The number of hydrogen-bond donors (Lipinski definition) is 2. The van der Waals surface area contributed by atoms with Crippen molar-refractivity contribution in [1.82, 2.24) is 10.5 Å². The molecule has 2 N–H and O–H groups in total. The summed E-state index contributed by atoms with van der Waals surface area (Å²) >= 11 is 0. The fourth-order valence-electron chi connectivity index (χ4n) is 3.10. The third-order valence-corrected chi connectivity index (χ3v) is 4.63. The Balaban J connectivity index is 1.51. The highest BCUT2D eigenvalue weighted by atomic mass is 16.5. The molecule has 0 bridgehead atoms. The van der Waals surface area contributed by atoms with E-state index in [4.69, 9.17) is 9.26 Å². The van der Waals surface area contributed by atoms with Crippen molar-refractivity contribution >= 4 is 23.3 Å². The first-order chi connectivity index (χ1) is 12.9. The van der Waals surface area contributed by atoms with E-state index in [0.717, 1.165) is 29.9 Å². The molecule has 0 aliphatic carbocycles. The molecular weight excluding hydrogens is 348 g/mol. The van der Waals surface area contributed by atoms with Crippen molar-refractivity contribution in [3.8, 4) is 5.75 Å². The predicted molar refractivity (Wildman–Crippen MR) is 101 cm³/mol. The second kappa shape index (κ2) is 7.69. The number of benzene rings is 1. The zero-order valence-corrected chi connectivity index (χ0v) is 16.0. The Morgan fingerprint density at radius 3 is 2.81 bits per heavy atom. The monoisotopic (exact) mass is 372 g/mol. The normalized spacial score (nSPS) is 15.9. The maximum Gasteiger partial charge on any atom is 0.319 e. The molecule has 1 aliphatic heterocycles. The minimum atomic E-state index is -0.545. The molecule has 3 amide bonds. The lowest BCUT2D eigenvalue weighted by Gasteiger charge is -2.30. The highest BCUT2D eigenvalue weighted by Gasteiger charge is 2.28. The average molecular weight is 372 g/mol. The third kappa shape index (κ3) is 4.05. The Labute approximate surface area is 157 Å². The highest BCUT2D eigenvalue weighted by molar-refractivity contribution is 6.00. The van der Waals surface area contributed by atoms with Crippen LogP contribution in [0.25, 0.3) is 0 Å². The number of anilines is 2. The van der Waals surface area contributed by atoms with Crippen LogP contribution in [0.15, 0.2) is 22.7 Å². The minimum Gasteiger partial charge on any atom is -0.479 e. The number of aryl methyl sites for hydroxylation is 2. The summed E-state index contributed by atoms with van der Waals surface area (Å²) in [6.45, 7) is 6.04. The molecular formula is C19H24N4O4. The van der Waals surface area contributed by atoms with Crippen LogP contribution >= 0.6 is 0 Å². The molecule has 1 aliphatic rings. The maximum absolute atomic E-state index is 12.1. The van der Waals surface area contributed by atoms with Gasteiger partial charge in [-0.05, 0) is 45.7 Å². The van der Waals surface area contributed by atoms with Crippen LogP contribution in [0, 0.1) is 13.8 Å². The smallest absolute Gasteiger partial charge is 0.319 e. The summed E-state index contributed by atoms with van der Waals surface area (Å²) < 4.78 is 10.8. The van der Waals surface area contributed by atoms with E-state index in [1.807, 2.05) is 13.8 Å². The van der Waals surface area contributed by atoms with E-state index in [-0.39, 0.29) is 11.9 Å². The topological polar surface area (TPSA) is 96.7 Å². The lowest BCUT2D eigenvalue weighted by atomic mass is 10.1. The number of rotatable bonds is 5. The van der Waals surface area contributed by atoms with Crippen LogP contribution in [0.4, 0.5) is 16.2 Å². The summed E-state index contributed by atoms with van der Waals surface area (Å²) in [4.78, 5) is 25.6. The first kappa shape index (κ1) is 18.8. The number of urea groups is 1. The summed E-state index contributed by atoms with van der Waals surface area (Å²) in [6.07, 6.45) is 1.04. The van der Waals surface area contributed by atoms with Crippen molar-refractivity contribution < 1.29 is 18.8 Å². The van der Waals surface area contributed by atoms with Crippen molar-refractivity contribution in [2.24, 2.45) is 0 Å². The number of nitrogens with zero attached hydrogens (tertiary/aromatic N) is 2. The molecule has 2 heterocycles. The van der Waals surface area contributed by atoms with Gasteiger partial charge in [-0.1, -0.05) is 5.16 Å². The zero-order chi connectivity index (χ0) is 19.6. The molecule has 0 saturated carbocycles. The Morgan fingerprint density at radius 2 is 2.11 bits per heavy atom. The number of likely N-dealkylation sites (N-methyl/N-ethyl adjacent to an activating group) is 1. The van der Waals surface area contributed by atoms with Gasteiger partial charge < -0.3 is 24.8 Å². The van der Waals surface area contributed by atoms with E-state index < -0.39 is 6.10 Å². The molecule has 0 fully saturated rings. The lowest BCUT2D eigenvalue weighted by molar-refractivity contribution is -0.125. The number of ether oxygens (including phenoxy) is 1. The number of fused-ring (bicyclic) bond motifs is 1. The van der Waals surface area contributed by atoms with Gasteiger partial charge in [0.05, 0.1) is 11.4 Å². The summed E-state index contributed by atoms with van der Waals surface area (Å²) in [5.74, 6) is 1.30. The fraction of sp³-hybridized carbons (Fsp3) is 0.421. The molecule has 0 saturated heterocycles. The molecule has 8 heteroatoms. The molecule has 0 radical (unpaired) electrons. The second-order valence-corrected chi connectivity index (χ2v) is 6.63. The number of carbonyl (C=O) groups excluding carboxylic acids is 2. The van der Waals surface area contributed by atoms with E-state index >= 15 is 0 Å². The van der Waals surface area contributed by atoms with Gasteiger partial charge in [-0.2, -0.15) is 0 Å². The number of aromatic nitrogens is 1. The number of carbonyl (C=O) groups is 2. The summed E-state index contributed by atoms with van der Waals surface area (Å²) in [7, 11) is 1.71. The molecule has 0 spiro atoms. The molecule has 3 rings (SSSR count). The minimum absolute atomic E-state index is 0.0979. The standard InChI is InChI=1S/C19H24N4O4/c1-11-15(12(2)27-22-11)6-5-9-20-19(25)21-14-7-8-16-17(10-14)26-13(3)18(24)23(16)4/h7-8,10,13H,5-6,9H2,1-4H3,(H2,20,21,25). The number of nitrogens with one attached hydrogen (secondary N) is 2. The van der Waals surface area contributed by atoms with Crippen molar-refractivity contribution in [1.29, 1.82) is 0 Å². The summed E-state index contributed by atoms with van der Waals surface area (Å²) in [5.41, 5.74) is 3.27. The summed E-state index contributed by atoms with van der Waals surface area (Å²) in [6, 6.07) is 4.93. The third-order valence-electron chi connectivity index (χ3n) is 4.63. The van der Waals surface area contributed by atoms with Crippen LogP contribution in [-0.4, -0.2) is 36.8 Å². The average Bonchev–Trinajstić information content (AvgIpc) is 2.95. The maximum atomic E-state index is 12.1. The van der Waals surface area contributed by atoms with Crippen LogP contribution in [0.5, 0.6) is 5.75 Å². The number of amides is 3.